The van der Waals surface area contributed by atoms with Gasteiger partial charge in [0.05, 0.1) is 6.04 Å². The summed E-state index contributed by atoms with van der Waals surface area (Å²) < 4.78 is 43.1. The van der Waals surface area contributed by atoms with Crippen molar-refractivity contribution >= 4 is 29.8 Å². The zero-order chi connectivity index (χ0) is 42.3. The molecule has 12 heteroatoms. The van der Waals surface area contributed by atoms with Gasteiger partial charge in [-0.15, -0.1) is 0 Å². The minimum atomic E-state index is -1.46. The normalized spacial score (nSPS) is 20.3. The third-order valence-electron chi connectivity index (χ3n) is 10.8. The van der Waals surface area contributed by atoms with Gasteiger partial charge in [0, 0.05) is 40.5 Å². The van der Waals surface area contributed by atoms with E-state index in [2.05, 4.69) is 12.2 Å². The van der Waals surface area contributed by atoms with Crippen molar-refractivity contribution < 1.29 is 52.0 Å². The Morgan fingerprint density at radius 2 is 0.895 bits per heavy atom. The fraction of sp³-hybridized carbons (Fsp3) is 0.889. The number of carbonyl (C=O) groups is 5. The van der Waals surface area contributed by atoms with Crippen LogP contribution in [0.3, 0.4) is 0 Å². The standard InChI is InChI=1S/C45H80FNO10/c1-7-9-10-11-12-13-14-15-16-17-18-19-20-21-22-23-24-25-26-27-28-29-30-31-42(52)47-39(38(46)8-2)32-40-43(54-35(4)49)45(56-37(6)51)44(55-36(5)50)41(57-40)33-53-34(3)48/h38-41,43-45H,7-33H2,1-6H3,(H,47,52)/t38-,39-,40?,41-,43+,44+,45-/m1/s1. The second-order valence-corrected chi connectivity index (χ2v) is 16.1. The lowest BCUT2D eigenvalue weighted by Crippen LogP contribution is -2.63. The lowest BCUT2D eigenvalue weighted by molar-refractivity contribution is -0.254. The maximum Gasteiger partial charge on any atom is 0.303 e. The van der Waals surface area contributed by atoms with Crippen LogP contribution in [-0.2, 0) is 47.7 Å². The van der Waals surface area contributed by atoms with Crippen LogP contribution >= 0.6 is 0 Å². The highest BCUT2D eigenvalue weighted by atomic mass is 19.1. The van der Waals surface area contributed by atoms with Crippen LogP contribution in [0.4, 0.5) is 4.39 Å². The van der Waals surface area contributed by atoms with E-state index in [1.807, 2.05) is 0 Å². The predicted octanol–water partition coefficient (Wildman–Crippen LogP) is 10.1. The van der Waals surface area contributed by atoms with Gasteiger partial charge in [0.1, 0.15) is 25.0 Å². The Balaban J connectivity index is 2.43. The summed E-state index contributed by atoms with van der Waals surface area (Å²) in [4.78, 5) is 61.1. The van der Waals surface area contributed by atoms with E-state index in [9.17, 15) is 24.0 Å². The number of halogens is 1. The number of alkyl halides is 1. The highest BCUT2D eigenvalue weighted by Crippen LogP contribution is 2.32. The van der Waals surface area contributed by atoms with Gasteiger partial charge in [-0.25, -0.2) is 4.39 Å². The molecule has 0 aromatic heterocycles. The molecule has 7 atom stereocenters. The monoisotopic (exact) mass is 814 g/mol. The van der Waals surface area contributed by atoms with Gasteiger partial charge < -0.3 is 29.0 Å². The lowest BCUT2D eigenvalue weighted by Gasteiger charge is -2.45. The summed E-state index contributed by atoms with van der Waals surface area (Å²) in [5.74, 6) is -3.16. The van der Waals surface area contributed by atoms with Crippen molar-refractivity contribution in [1.29, 1.82) is 0 Å². The van der Waals surface area contributed by atoms with E-state index in [0.29, 0.717) is 6.42 Å². The van der Waals surface area contributed by atoms with E-state index in [1.54, 1.807) is 6.92 Å². The second-order valence-electron chi connectivity index (χ2n) is 16.1. The molecule has 0 spiro atoms. The van der Waals surface area contributed by atoms with Crippen LogP contribution in [0.25, 0.3) is 0 Å². The molecule has 0 radical (unpaired) electrons. The first-order chi connectivity index (χ1) is 27.4. The van der Waals surface area contributed by atoms with Crippen LogP contribution in [0.1, 0.15) is 208 Å². The molecule has 1 fully saturated rings. The van der Waals surface area contributed by atoms with Crippen molar-refractivity contribution in [2.45, 2.75) is 251 Å². The molecule has 57 heavy (non-hydrogen) atoms. The first-order valence-electron chi connectivity index (χ1n) is 22.6. The Morgan fingerprint density at radius 3 is 1.26 bits per heavy atom. The molecule has 0 saturated carbocycles. The fourth-order valence-electron chi connectivity index (χ4n) is 7.69. The SMILES string of the molecule is CCCCCCCCCCCCCCCCCCCCCCCCCC(=O)N[C@H](CC1O[C@H](COC(C)=O)[C@H](OC(C)=O)[C@H](OC(C)=O)[C@H]1OC(C)=O)[C@H](F)CC. The summed E-state index contributed by atoms with van der Waals surface area (Å²) in [7, 11) is 0. The van der Waals surface area contributed by atoms with Crippen LogP contribution in [0.15, 0.2) is 0 Å². The van der Waals surface area contributed by atoms with E-state index in [4.69, 9.17) is 23.7 Å². The Kier molecular flexibility index (Phi) is 30.4. The number of ether oxygens (including phenoxy) is 5. The summed E-state index contributed by atoms with van der Waals surface area (Å²) in [5, 5.41) is 2.81. The third-order valence-corrected chi connectivity index (χ3v) is 10.8. The quantitative estimate of drug-likeness (QED) is 0.0379. The summed E-state index contributed by atoms with van der Waals surface area (Å²) in [5.41, 5.74) is 0. The van der Waals surface area contributed by atoms with Crippen molar-refractivity contribution in [1.82, 2.24) is 5.32 Å². The number of amides is 1. The highest BCUT2D eigenvalue weighted by molar-refractivity contribution is 5.76. The average molecular weight is 814 g/mol. The van der Waals surface area contributed by atoms with E-state index in [1.165, 1.54) is 129 Å². The molecular formula is C45H80FNO10. The number of carbonyl (C=O) groups excluding carboxylic acids is 5. The summed E-state index contributed by atoms with van der Waals surface area (Å²) >= 11 is 0. The molecule has 1 amide bonds. The zero-order valence-corrected chi connectivity index (χ0v) is 36.6. The molecular weight excluding hydrogens is 733 g/mol. The van der Waals surface area contributed by atoms with Crippen LogP contribution in [0.5, 0.6) is 0 Å². The van der Waals surface area contributed by atoms with Crippen molar-refractivity contribution in [3.63, 3.8) is 0 Å². The summed E-state index contributed by atoms with van der Waals surface area (Å²) in [6.07, 6.45) is 22.2. The van der Waals surface area contributed by atoms with Crippen LogP contribution in [-0.4, -0.2) is 79.1 Å². The van der Waals surface area contributed by atoms with Gasteiger partial charge in [-0.1, -0.05) is 155 Å². The lowest BCUT2D eigenvalue weighted by atomic mass is 9.89. The average Bonchev–Trinajstić information content (AvgIpc) is 3.15. The van der Waals surface area contributed by atoms with Crippen molar-refractivity contribution in [3.05, 3.63) is 0 Å². The van der Waals surface area contributed by atoms with Crippen molar-refractivity contribution in [2.24, 2.45) is 0 Å². The molecule has 1 saturated heterocycles. The second kappa shape index (κ2) is 33.1. The first kappa shape index (κ1) is 52.3. The molecule has 332 valence electrons. The number of hydrogen-bond acceptors (Lipinski definition) is 10. The van der Waals surface area contributed by atoms with Gasteiger partial charge in [0.2, 0.25) is 5.91 Å². The zero-order valence-electron chi connectivity index (χ0n) is 36.6. The van der Waals surface area contributed by atoms with Crippen LogP contribution in [0, 0.1) is 0 Å². The van der Waals surface area contributed by atoms with E-state index >= 15 is 4.39 Å². The van der Waals surface area contributed by atoms with Gasteiger partial charge in [-0.05, 0) is 12.8 Å². The molecule has 1 N–H and O–H groups in total. The number of nitrogens with one attached hydrogen (secondary N) is 1. The molecule has 1 aliphatic heterocycles. The van der Waals surface area contributed by atoms with Crippen LogP contribution < -0.4 is 5.32 Å². The smallest absolute Gasteiger partial charge is 0.303 e. The van der Waals surface area contributed by atoms with Gasteiger partial charge >= 0.3 is 23.9 Å². The van der Waals surface area contributed by atoms with Crippen molar-refractivity contribution in [3.8, 4) is 0 Å². The molecule has 11 nitrogen and oxygen atoms in total. The molecule has 0 aromatic rings. The molecule has 0 aromatic carbocycles. The third kappa shape index (κ3) is 26.1. The van der Waals surface area contributed by atoms with Gasteiger partial charge in [-0.2, -0.15) is 0 Å². The molecule has 0 bridgehead atoms. The molecule has 1 unspecified atom stereocenters. The number of rotatable bonds is 34. The number of esters is 4. The fourth-order valence-corrected chi connectivity index (χ4v) is 7.69. The first-order valence-corrected chi connectivity index (χ1v) is 22.6. The summed E-state index contributed by atoms with van der Waals surface area (Å²) in [6.45, 7) is 8.17. The molecule has 1 heterocycles. The number of unbranched alkanes of at least 4 members (excludes halogenated alkanes) is 22. The molecule has 1 aliphatic rings. The Labute approximate surface area is 344 Å². The Morgan fingerprint density at radius 1 is 0.526 bits per heavy atom. The Hall–Kier alpha value is -2.76. The maximum atomic E-state index is 15.4. The summed E-state index contributed by atoms with van der Waals surface area (Å²) in [6, 6.07) is -1.02. The Bertz CT molecular complexity index is 1110. The van der Waals surface area contributed by atoms with E-state index in [0.717, 1.165) is 40.0 Å². The van der Waals surface area contributed by atoms with Crippen LogP contribution in [0.2, 0.25) is 0 Å². The highest BCUT2D eigenvalue weighted by Gasteiger charge is 2.52. The van der Waals surface area contributed by atoms with Gasteiger partial charge in [-0.3, -0.25) is 24.0 Å². The van der Waals surface area contributed by atoms with Gasteiger partial charge in [0.25, 0.3) is 0 Å². The minimum Gasteiger partial charge on any atom is -0.463 e. The largest absolute Gasteiger partial charge is 0.463 e. The molecule has 1 rings (SSSR count). The number of hydrogen-bond donors (Lipinski definition) is 1. The van der Waals surface area contributed by atoms with E-state index in [-0.39, 0.29) is 31.8 Å². The maximum absolute atomic E-state index is 15.4. The van der Waals surface area contributed by atoms with Gasteiger partial charge in [0.15, 0.2) is 18.3 Å². The molecule has 0 aliphatic carbocycles. The predicted molar refractivity (Wildman–Crippen MR) is 220 cm³/mol. The van der Waals surface area contributed by atoms with E-state index < -0.39 is 66.6 Å². The van der Waals surface area contributed by atoms with Crippen molar-refractivity contribution in [2.75, 3.05) is 6.61 Å². The minimum absolute atomic E-state index is 0.0929. The topological polar surface area (TPSA) is 144 Å².